The number of aryl methyl sites for hydroxylation is 1. The molecule has 3 heteroatoms. The zero-order valence-corrected chi connectivity index (χ0v) is 11.0. The van der Waals surface area contributed by atoms with Crippen LogP contribution in [0.1, 0.15) is 37.3 Å². The van der Waals surface area contributed by atoms with E-state index in [-0.39, 0.29) is 24.1 Å². The minimum Gasteiger partial charge on any atom is -0.327 e. The third-order valence-electron chi connectivity index (χ3n) is 4.33. The van der Waals surface area contributed by atoms with E-state index in [1.54, 1.807) is 6.07 Å². The van der Waals surface area contributed by atoms with Crippen LogP contribution >= 0.6 is 0 Å². The van der Waals surface area contributed by atoms with Crippen molar-refractivity contribution in [2.24, 2.45) is 11.1 Å². The fourth-order valence-electron chi connectivity index (χ4n) is 2.74. The van der Waals surface area contributed by atoms with Crippen molar-refractivity contribution in [1.29, 1.82) is 0 Å². The lowest BCUT2D eigenvalue weighted by Gasteiger charge is -2.27. The van der Waals surface area contributed by atoms with E-state index in [1.165, 1.54) is 12.1 Å². The molecule has 0 aromatic heterocycles. The molecule has 1 saturated carbocycles. The molecule has 0 amide bonds. The van der Waals surface area contributed by atoms with Gasteiger partial charge in [-0.25, -0.2) is 4.39 Å². The summed E-state index contributed by atoms with van der Waals surface area (Å²) in [5, 5.41) is 0. The molecule has 2 unspecified atom stereocenters. The van der Waals surface area contributed by atoms with Crippen molar-refractivity contribution in [1.82, 2.24) is 0 Å². The number of Topliss-reactive ketones (excluding diaryl/α,β-unsaturated/α-hetero) is 1. The molecule has 1 aromatic carbocycles. The highest BCUT2D eigenvalue weighted by molar-refractivity contribution is 5.87. The molecule has 2 atom stereocenters. The maximum atomic E-state index is 13.2. The van der Waals surface area contributed by atoms with E-state index in [4.69, 9.17) is 5.73 Å². The first-order valence-corrected chi connectivity index (χ1v) is 6.47. The quantitative estimate of drug-likeness (QED) is 0.895. The maximum absolute atomic E-state index is 13.2. The van der Waals surface area contributed by atoms with Crippen molar-refractivity contribution in [2.45, 2.75) is 45.6 Å². The van der Waals surface area contributed by atoms with Crippen molar-refractivity contribution in [3.8, 4) is 0 Å². The standard InChI is InChI=1S/C15H20FNO/c1-10-5-6-12(16)8-11(10)9-14(18)15(2)7-3-4-13(15)17/h5-6,8,13H,3-4,7,9,17H2,1-2H3. The third-order valence-corrected chi connectivity index (χ3v) is 4.33. The summed E-state index contributed by atoms with van der Waals surface area (Å²) in [7, 11) is 0. The summed E-state index contributed by atoms with van der Waals surface area (Å²) in [6.07, 6.45) is 3.05. The SMILES string of the molecule is Cc1ccc(F)cc1CC(=O)C1(C)CCCC1N. The van der Waals surface area contributed by atoms with Gasteiger partial charge in [0.1, 0.15) is 11.6 Å². The molecule has 0 bridgehead atoms. The predicted molar refractivity (Wildman–Crippen MR) is 69.8 cm³/mol. The molecular formula is C15H20FNO. The smallest absolute Gasteiger partial charge is 0.144 e. The van der Waals surface area contributed by atoms with Crippen LogP contribution in [0, 0.1) is 18.2 Å². The second kappa shape index (κ2) is 4.81. The van der Waals surface area contributed by atoms with Gasteiger partial charge in [0, 0.05) is 17.9 Å². The first kappa shape index (κ1) is 13.2. The number of nitrogens with two attached hydrogens (primary N) is 1. The summed E-state index contributed by atoms with van der Waals surface area (Å²) in [6, 6.07) is 4.54. The summed E-state index contributed by atoms with van der Waals surface area (Å²) in [4.78, 5) is 12.4. The Balaban J connectivity index is 2.19. The van der Waals surface area contributed by atoms with Crippen molar-refractivity contribution in [3.63, 3.8) is 0 Å². The Bertz CT molecular complexity index is 472. The van der Waals surface area contributed by atoms with Gasteiger partial charge < -0.3 is 5.73 Å². The van der Waals surface area contributed by atoms with Gasteiger partial charge >= 0.3 is 0 Å². The fourth-order valence-corrected chi connectivity index (χ4v) is 2.74. The zero-order valence-electron chi connectivity index (χ0n) is 11.0. The summed E-state index contributed by atoms with van der Waals surface area (Å²) >= 11 is 0. The summed E-state index contributed by atoms with van der Waals surface area (Å²) in [6.45, 7) is 3.85. The number of carbonyl (C=O) groups is 1. The van der Waals surface area contributed by atoms with Crippen LogP contribution in [0.2, 0.25) is 0 Å². The number of hydrogen-bond donors (Lipinski definition) is 1. The monoisotopic (exact) mass is 249 g/mol. The highest BCUT2D eigenvalue weighted by atomic mass is 19.1. The van der Waals surface area contributed by atoms with Crippen LogP contribution < -0.4 is 5.73 Å². The van der Waals surface area contributed by atoms with Gasteiger partial charge in [0.15, 0.2) is 0 Å². The lowest BCUT2D eigenvalue weighted by atomic mass is 9.78. The Hall–Kier alpha value is -1.22. The van der Waals surface area contributed by atoms with Gasteiger partial charge in [-0.15, -0.1) is 0 Å². The highest BCUT2D eigenvalue weighted by Crippen LogP contribution is 2.38. The summed E-state index contributed by atoms with van der Waals surface area (Å²) in [5.41, 5.74) is 7.35. The van der Waals surface area contributed by atoms with Crippen molar-refractivity contribution in [3.05, 3.63) is 35.1 Å². The van der Waals surface area contributed by atoms with Crippen LogP contribution in [-0.2, 0) is 11.2 Å². The fraction of sp³-hybridized carbons (Fsp3) is 0.533. The van der Waals surface area contributed by atoms with Gasteiger partial charge in [0.05, 0.1) is 0 Å². The molecule has 1 aromatic rings. The number of rotatable bonds is 3. The van der Waals surface area contributed by atoms with Gasteiger partial charge in [-0.05, 0) is 43.0 Å². The summed E-state index contributed by atoms with van der Waals surface area (Å²) in [5.74, 6) is -0.148. The van der Waals surface area contributed by atoms with E-state index in [1.807, 2.05) is 13.8 Å². The average Bonchev–Trinajstić information content (AvgIpc) is 2.66. The van der Waals surface area contributed by atoms with Gasteiger partial charge in [0.25, 0.3) is 0 Å². The molecule has 2 rings (SSSR count). The van der Waals surface area contributed by atoms with Gasteiger partial charge in [-0.2, -0.15) is 0 Å². The maximum Gasteiger partial charge on any atom is 0.144 e. The lowest BCUT2D eigenvalue weighted by Crippen LogP contribution is -2.42. The van der Waals surface area contributed by atoms with E-state index in [9.17, 15) is 9.18 Å². The largest absolute Gasteiger partial charge is 0.327 e. The molecule has 0 radical (unpaired) electrons. The van der Waals surface area contributed by atoms with Gasteiger partial charge in [-0.1, -0.05) is 19.4 Å². The van der Waals surface area contributed by atoms with Crippen molar-refractivity contribution >= 4 is 5.78 Å². The van der Waals surface area contributed by atoms with Crippen LogP contribution in [0.15, 0.2) is 18.2 Å². The number of hydrogen-bond acceptors (Lipinski definition) is 2. The number of carbonyl (C=O) groups excluding carboxylic acids is 1. The molecule has 0 saturated heterocycles. The van der Waals surface area contributed by atoms with Crippen molar-refractivity contribution < 1.29 is 9.18 Å². The van der Waals surface area contributed by atoms with E-state index in [2.05, 4.69) is 0 Å². The van der Waals surface area contributed by atoms with Crippen LogP contribution in [0.4, 0.5) is 4.39 Å². The van der Waals surface area contributed by atoms with E-state index in [0.29, 0.717) is 0 Å². The molecule has 2 N–H and O–H groups in total. The Kier molecular flexibility index (Phi) is 3.53. The Morgan fingerprint density at radius 2 is 2.28 bits per heavy atom. The molecule has 0 heterocycles. The Morgan fingerprint density at radius 1 is 1.56 bits per heavy atom. The second-order valence-corrected chi connectivity index (χ2v) is 5.59. The van der Waals surface area contributed by atoms with Crippen molar-refractivity contribution in [2.75, 3.05) is 0 Å². The van der Waals surface area contributed by atoms with Gasteiger partial charge in [0.2, 0.25) is 0 Å². The Morgan fingerprint density at radius 3 is 2.89 bits per heavy atom. The Labute approximate surface area is 107 Å². The van der Waals surface area contributed by atoms with E-state index in [0.717, 1.165) is 30.4 Å². The topological polar surface area (TPSA) is 43.1 Å². The first-order chi connectivity index (χ1) is 8.43. The van der Waals surface area contributed by atoms with Crippen LogP contribution in [0.3, 0.4) is 0 Å². The number of halogens is 1. The van der Waals surface area contributed by atoms with Crippen LogP contribution in [0.5, 0.6) is 0 Å². The first-order valence-electron chi connectivity index (χ1n) is 6.47. The predicted octanol–water partition coefficient (Wildman–Crippen LogP) is 2.76. The minimum absolute atomic E-state index is 0.0566. The molecule has 0 spiro atoms. The van der Waals surface area contributed by atoms with E-state index < -0.39 is 5.41 Å². The number of ketones is 1. The van der Waals surface area contributed by atoms with Crippen LogP contribution in [-0.4, -0.2) is 11.8 Å². The van der Waals surface area contributed by atoms with Crippen LogP contribution in [0.25, 0.3) is 0 Å². The molecule has 18 heavy (non-hydrogen) atoms. The molecule has 98 valence electrons. The third kappa shape index (κ3) is 2.32. The number of benzene rings is 1. The second-order valence-electron chi connectivity index (χ2n) is 5.59. The molecule has 1 fully saturated rings. The van der Waals surface area contributed by atoms with E-state index >= 15 is 0 Å². The molecular weight excluding hydrogens is 229 g/mol. The highest BCUT2D eigenvalue weighted by Gasteiger charge is 2.42. The normalized spacial score (nSPS) is 27.4. The molecule has 1 aliphatic rings. The lowest BCUT2D eigenvalue weighted by molar-refractivity contribution is -0.127. The minimum atomic E-state index is -0.432. The average molecular weight is 249 g/mol. The molecule has 0 aliphatic heterocycles. The van der Waals surface area contributed by atoms with Gasteiger partial charge in [-0.3, -0.25) is 4.79 Å². The molecule has 1 aliphatic carbocycles. The zero-order chi connectivity index (χ0) is 13.3. The summed E-state index contributed by atoms with van der Waals surface area (Å²) < 4.78 is 13.2. The molecule has 2 nitrogen and oxygen atoms in total.